The van der Waals surface area contributed by atoms with Crippen molar-refractivity contribution in [2.75, 3.05) is 5.32 Å². The zero-order valence-electron chi connectivity index (χ0n) is 15.6. The van der Waals surface area contributed by atoms with E-state index in [1.165, 1.54) is 0 Å². The number of rotatable bonds is 5. The molecule has 3 heterocycles. The molecule has 32 heavy (non-hydrogen) atoms. The first kappa shape index (κ1) is 23.1. The van der Waals surface area contributed by atoms with Crippen LogP contribution in [0.2, 0.25) is 5.15 Å². The van der Waals surface area contributed by atoms with Gasteiger partial charge in [-0.25, -0.2) is 19.9 Å². The van der Waals surface area contributed by atoms with Gasteiger partial charge in [-0.3, -0.25) is 0 Å². The highest BCUT2D eigenvalue weighted by molar-refractivity contribution is 6.29. The summed E-state index contributed by atoms with van der Waals surface area (Å²) in [6, 6.07) is 2.47. The Balaban J connectivity index is 1.93. The molecular formula is C18H10ClF6N7. The van der Waals surface area contributed by atoms with Gasteiger partial charge in [0.1, 0.15) is 22.9 Å². The minimum Gasteiger partial charge on any atom is -0.339 e. The van der Waals surface area contributed by atoms with E-state index in [0.29, 0.717) is 12.3 Å². The van der Waals surface area contributed by atoms with E-state index in [1.54, 1.807) is 0 Å². The van der Waals surface area contributed by atoms with Crippen LogP contribution in [0.15, 0.2) is 42.2 Å². The molecule has 0 radical (unpaired) electrons. The number of halogens is 7. The molecule has 0 aliphatic heterocycles. The minimum absolute atomic E-state index is 0.00631. The maximum Gasteiger partial charge on any atom is 0.418 e. The fourth-order valence-electron chi connectivity index (χ4n) is 2.44. The molecule has 14 heteroatoms. The van der Waals surface area contributed by atoms with Gasteiger partial charge in [-0.15, -0.1) is 10.2 Å². The van der Waals surface area contributed by atoms with Gasteiger partial charge in [0.15, 0.2) is 11.0 Å². The summed E-state index contributed by atoms with van der Waals surface area (Å²) in [7, 11) is 0. The Labute approximate surface area is 180 Å². The topological polar surface area (TPSA) is 88.8 Å². The molecule has 166 valence electrons. The summed E-state index contributed by atoms with van der Waals surface area (Å²) in [6.07, 6.45) is -7.75. The standard InChI is InChI=1S/C18H10ClF6N7/c1-8(29-13-4-3-9(6-27-13)17(20,21)22)14-16(26-2)30-11(7-28-14)15-10(18(23,24)25)5-12(19)31-32-15/h3-7H,1-2H2,(H,27,29). The molecule has 0 fully saturated rings. The fraction of sp³-hybridized carbons (Fsp3) is 0.111. The first-order valence-electron chi connectivity index (χ1n) is 8.34. The number of anilines is 1. The lowest BCUT2D eigenvalue weighted by Gasteiger charge is -2.13. The Morgan fingerprint density at radius 2 is 1.72 bits per heavy atom. The van der Waals surface area contributed by atoms with Gasteiger partial charge in [-0.1, -0.05) is 18.2 Å². The summed E-state index contributed by atoms with van der Waals surface area (Å²) in [5.41, 5.74) is -3.09. The molecule has 0 unspecified atom stereocenters. The Kier molecular flexibility index (Phi) is 6.12. The third-order valence-corrected chi connectivity index (χ3v) is 4.06. The molecule has 0 saturated carbocycles. The van der Waals surface area contributed by atoms with Crippen LogP contribution in [0.4, 0.5) is 38.0 Å². The number of pyridine rings is 1. The molecule has 0 bridgehead atoms. The van der Waals surface area contributed by atoms with E-state index in [2.05, 4.69) is 48.8 Å². The average molecular weight is 474 g/mol. The third kappa shape index (κ3) is 4.99. The summed E-state index contributed by atoms with van der Waals surface area (Å²) in [5.74, 6) is -0.205. The van der Waals surface area contributed by atoms with Gasteiger partial charge in [0, 0.05) is 6.20 Å². The van der Waals surface area contributed by atoms with Crippen molar-refractivity contribution >= 4 is 35.7 Å². The molecule has 0 saturated heterocycles. The predicted octanol–water partition coefficient (Wildman–Crippen LogP) is 5.43. The second-order valence-electron chi connectivity index (χ2n) is 6.05. The van der Waals surface area contributed by atoms with Crippen LogP contribution in [0.25, 0.3) is 17.1 Å². The van der Waals surface area contributed by atoms with Gasteiger partial charge in [-0.2, -0.15) is 26.3 Å². The number of nitrogens with one attached hydrogen (secondary N) is 1. The lowest BCUT2D eigenvalue weighted by molar-refractivity contribution is -0.138. The molecule has 0 amide bonds. The van der Waals surface area contributed by atoms with Crippen LogP contribution in [0, 0.1) is 0 Å². The van der Waals surface area contributed by atoms with E-state index in [-0.39, 0.29) is 28.7 Å². The maximum atomic E-state index is 13.3. The highest BCUT2D eigenvalue weighted by Gasteiger charge is 2.36. The van der Waals surface area contributed by atoms with Crippen molar-refractivity contribution in [2.45, 2.75) is 12.4 Å². The molecule has 0 spiro atoms. The predicted molar refractivity (Wildman–Crippen MR) is 104 cm³/mol. The maximum absolute atomic E-state index is 13.3. The monoisotopic (exact) mass is 473 g/mol. The van der Waals surface area contributed by atoms with Crippen molar-refractivity contribution in [3.63, 3.8) is 0 Å². The van der Waals surface area contributed by atoms with Crippen LogP contribution < -0.4 is 5.32 Å². The Bertz CT molecular complexity index is 1180. The van der Waals surface area contributed by atoms with E-state index >= 15 is 0 Å². The number of hydrogen-bond acceptors (Lipinski definition) is 7. The van der Waals surface area contributed by atoms with E-state index < -0.39 is 34.3 Å². The molecule has 3 rings (SSSR count). The van der Waals surface area contributed by atoms with Crippen LogP contribution in [0.1, 0.15) is 16.8 Å². The molecule has 0 aliphatic rings. The molecule has 0 atom stereocenters. The summed E-state index contributed by atoms with van der Waals surface area (Å²) in [5, 5.41) is 9.02. The van der Waals surface area contributed by atoms with Crippen LogP contribution in [0.5, 0.6) is 0 Å². The number of nitrogens with zero attached hydrogens (tertiary/aromatic N) is 6. The lowest BCUT2D eigenvalue weighted by Crippen LogP contribution is -2.11. The summed E-state index contributed by atoms with van der Waals surface area (Å²) < 4.78 is 77.9. The SMILES string of the molecule is C=Nc1nc(-c2nnc(Cl)cc2C(F)(F)F)cnc1C(=C)Nc1ccc(C(F)(F)F)cn1. The van der Waals surface area contributed by atoms with Crippen LogP contribution in [-0.4, -0.2) is 31.9 Å². The van der Waals surface area contributed by atoms with Gasteiger partial charge in [0.2, 0.25) is 0 Å². The summed E-state index contributed by atoms with van der Waals surface area (Å²) in [6.45, 7) is 6.98. The van der Waals surface area contributed by atoms with Gasteiger partial charge >= 0.3 is 12.4 Å². The highest BCUT2D eigenvalue weighted by Crippen LogP contribution is 2.37. The van der Waals surface area contributed by atoms with Gasteiger partial charge in [-0.05, 0) is 24.9 Å². The third-order valence-electron chi connectivity index (χ3n) is 3.87. The molecule has 0 aliphatic carbocycles. The minimum atomic E-state index is -4.80. The molecule has 3 aromatic heterocycles. The number of hydrogen-bond donors (Lipinski definition) is 1. The van der Waals surface area contributed by atoms with Crippen molar-refractivity contribution in [3.05, 3.63) is 59.1 Å². The van der Waals surface area contributed by atoms with E-state index in [1.807, 2.05) is 0 Å². The van der Waals surface area contributed by atoms with Gasteiger partial charge in [0.05, 0.1) is 23.0 Å². The molecule has 0 aromatic carbocycles. The zero-order chi connectivity index (χ0) is 23.7. The van der Waals surface area contributed by atoms with Crippen LogP contribution >= 0.6 is 11.6 Å². The Morgan fingerprint density at radius 3 is 2.28 bits per heavy atom. The normalized spacial score (nSPS) is 11.8. The molecule has 1 N–H and O–H groups in total. The number of aliphatic imine (C=N–C) groups is 1. The van der Waals surface area contributed by atoms with Crippen LogP contribution in [-0.2, 0) is 12.4 Å². The van der Waals surface area contributed by atoms with E-state index in [0.717, 1.165) is 18.3 Å². The van der Waals surface area contributed by atoms with Crippen LogP contribution in [0.3, 0.4) is 0 Å². The summed E-state index contributed by atoms with van der Waals surface area (Å²) in [4.78, 5) is 15.2. The Hall–Kier alpha value is -3.61. The van der Waals surface area contributed by atoms with Crippen molar-refractivity contribution in [2.24, 2.45) is 4.99 Å². The lowest BCUT2D eigenvalue weighted by atomic mass is 10.1. The van der Waals surface area contributed by atoms with Crippen molar-refractivity contribution in [1.29, 1.82) is 0 Å². The van der Waals surface area contributed by atoms with Crippen molar-refractivity contribution in [3.8, 4) is 11.4 Å². The van der Waals surface area contributed by atoms with Crippen molar-refractivity contribution < 1.29 is 26.3 Å². The molecule has 3 aromatic rings. The second-order valence-corrected chi connectivity index (χ2v) is 6.43. The first-order valence-corrected chi connectivity index (χ1v) is 8.72. The second kappa shape index (κ2) is 8.49. The Morgan fingerprint density at radius 1 is 1.00 bits per heavy atom. The highest BCUT2D eigenvalue weighted by atomic mass is 35.5. The van der Waals surface area contributed by atoms with E-state index in [9.17, 15) is 26.3 Å². The molecule has 7 nitrogen and oxygen atoms in total. The number of aromatic nitrogens is 5. The zero-order valence-corrected chi connectivity index (χ0v) is 16.4. The number of alkyl halides is 6. The van der Waals surface area contributed by atoms with Gasteiger partial charge in [0.25, 0.3) is 0 Å². The van der Waals surface area contributed by atoms with Crippen molar-refractivity contribution in [1.82, 2.24) is 25.1 Å². The smallest absolute Gasteiger partial charge is 0.339 e. The fourth-order valence-corrected chi connectivity index (χ4v) is 2.59. The average Bonchev–Trinajstić information content (AvgIpc) is 2.72. The quantitative estimate of drug-likeness (QED) is 0.392. The largest absolute Gasteiger partial charge is 0.418 e. The molecular weight excluding hydrogens is 464 g/mol. The van der Waals surface area contributed by atoms with Gasteiger partial charge < -0.3 is 5.32 Å². The van der Waals surface area contributed by atoms with E-state index in [4.69, 9.17) is 11.6 Å². The summed E-state index contributed by atoms with van der Waals surface area (Å²) >= 11 is 5.52. The first-order chi connectivity index (χ1) is 14.9.